The van der Waals surface area contributed by atoms with Crippen molar-refractivity contribution >= 4 is 23.6 Å². The first-order chi connectivity index (χ1) is 15.5. The van der Waals surface area contributed by atoms with Gasteiger partial charge < -0.3 is 14.4 Å². The van der Waals surface area contributed by atoms with Crippen LogP contribution in [0.4, 0.5) is 4.39 Å². The number of hydrogen-bond acceptors (Lipinski definition) is 3. The first kappa shape index (κ1) is 21.9. The van der Waals surface area contributed by atoms with Gasteiger partial charge in [-0.2, -0.15) is 0 Å². The van der Waals surface area contributed by atoms with Gasteiger partial charge in [-0.1, -0.05) is 48.0 Å². The van der Waals surface area contributed by atoms with E-state index in [0.717, 1.165) is 16.7 Å². The second-order valence-electron chi connectivity index (χ2n) is 7.47. The number of benzene rings is 3. The fourth-order valence-electron chi connectivity index (χ4n) is 4.09. The Bertz CT molecular complexity index is 1140. The lowest BCUT2D eigenvalue weighted by Crippen LogP contribution is -2.40. The van der Waals surface area contributed by atoms with Gasteiger partial charge in [0.15, 0.2) is 11.5 Å². The molecule has 1 amide bonds. The van der Waals surface area contributed by atoms with E-state index in [1.54, 1.807) is 37.3 Å². The summed E-state index contributed by atoms with van der Waals surface area (Å²) in [7, 11) is 3.12. The molecule has 0 radical (unpaired) electrons. The zero-order chi connectivity index (χ0) is 22.7. The molecule has 0 aromatic heterocycles. The molecule has 4 rings (SSSR count). The van der Waals surface area contributed by atoms with Gasteiger partial charge in [-0.15, -0.1) is 0 Å². The molecule has 0 aliphatic carbocycles. The Morgan fingerprint density at radius 2 is 1.78 bits per heavy atom. The van der Waals surface area contributed by atoms with Gasteiger partial charge in [0, 0.05) is 23.2 Å². The van der Waals surface area contributed by atoms with Crippen LogP contribution in [0.15, 0.2) is 66.7 Å². The number of halogens is 2. The number of rotatable bonds is 5. The molecule has 0 saturated heterocycles. The standard InChI is InChI=1S/C26H23ClFNO3/c1-31-22-15-18-13-14-29(24(30)12-11-17-7-4-3-5-8-17)26(19(18)16-23(22)32-2)25-20(27)9-6-10-21(25)28/h3-12,15-16,26H,13-14H2,1-2H3/b12-11+/t26-/m0/s1. The highest BCUT2D eigenvalue weighted by atomic mass is 35.5. The van der Waals surface area contributed by atoms with E-state index >= 15 is 4.39 Å². The monoisotopic (exact) mass is 451 g/mol. The van der Waals surface area contributed by atoms with E-state index in [1.807, 2.05) is 42.5 Å². The lowest BCUT2D eigenvalue weighted by molar-refractivity contribution is -0.128. The van der Waals surface area contributed by atoms with Crippen molar-refractivity contribution < 1.29 is 18.7 Å². The van der Waals surface area contributed by atoms with Gasteiger partial charge in [0.2, 0.25) is 5.91 Å². The van der Waals surface area contributed by atoms with Crippen molar-refractivity contribution in [1.29, 1.82) is 0 Å². The Morgan fingerprint density at radius 3 is 2.47 bits per heavy atom. The van der Waals surface area contributed by atoms with Crippen LogP contribution in [0.5, 0.6) is 11.5 Å². The number of methoxy groups -OCH3 is 2. The molecular formula is C26H23ClFNO3. The molecule has 1 atom stereocenters. The van der Waals surface area contributed by atoms with E-state index in [4.69, 9.17) is 21.1 Å². The lowest BCUT2D eigenvalue weighted by atomic mass is 9.87. The minimum Gasteiger partial charge on any atom is -0.493 e. The average molecular weight is 452 g/mol. The summed E-state index contributed by atoms with van der Waals surface area (Å²) in [6.07, 6.45) is 3.87. The normalized spacial score (nSPS) is 15.5. The molecule has 1 aliphatic rings. The highest BCUT2D eigenvalue weighted by Crippen LogP contribution is 2.43. The number of hydrogen-bond donors (Lipinski definition) is 0. The van der Waals surface area contributed by atoms with E-state index in [9.17, 15) is 4.79 Å². The summed E-state index contributed by atoms with van der Waals surface area (Å²) in [5, 5.41) is 0.266. The van der Waals surface area contributed by atoms with E-state index in [0.29, 0.717) is 24.5 Å². The van der Waals surface area contributed by atoms with E-state index < -0.39 is 11.9 Å². The Morgan fingerprint density at radius 1 is 1.06 bits per heavy atom. The quantitative estimate of drug-likeness (QED) is 0.468. The van der Waals surface area contributed by atoms with Crippen LogP contribution in [-0.4, -0.2) is 31.6 Å². The van der Waals surface area contributed by atoms with Gasteiger partial charge in [0.1, 0.15) is 5.82 Å². The van der Waals surface area contributed by atoms with E-state index in [-0.39, 0.29) is 16.5 Å². The maximum absolute atomic E-state index is 15.0. The number of fused-ring (bicyclic) bond motifs is 1. The van der Waals surface area contributed by atoms with Crippen LogP contribution in [0, 0.1) is 5.82 Å². The Hall–Kier alpha value is -3.31. The highest BCUT2D eigenvalue weighted by Gasteiger charge is 2.35. The van der Waals surface area contributed by atoms with Crippen molar-refractivity contribution in [3.8, 4) is 11.5 Å². The zero-order valence-electron chi connectivity index (χ0n) is 17.8. The molecule has 0 N–H and O–H groups in total. The topological polar surface area (TPSA) is 38.8 Å². The number of carbonyl (C=O) groups excluding carboxylic acids is 1. The summed E-state index contributed by atoms with van der Waals surface area (Å²) < 4.78 is 26.0. The van der Waals surface area contributed by atoms with Crippen molar-refractivity contribution in [2.24, 2.45) is 0 Å². The molecule has 1 aliphatic heterocycles. The van der Waals surface area contributed by atoms with Crippen LogP contribution in [0.2, 0.25) is 5.02 Å². The smallest absolute Gasteiger partial charge is 0.247 e. The van der Waals surface area contributed by atoms with Crippen LogP contribution in [0.1, 0.15) is 28.3 Å². The molecule has 0 spiro atoms. The van der Waals surface area contributed by atoms with E-state index in [1.165, 1.54) is 12.1 Å². The second-order valence-corrected chi connectivity index (χ2v) is 7.88. The van der Waals surface area contributed by atoms with Gasteiger partial charge in [-0.25, -0.2) is 4.39 Å². The van der Waals surface area contributed by atoms with Crippen molar-refractivity contribution in [1.82, 2.24) is 4.90 Å². The molecule has 0 fully saturated rings. The molecule has 6 heteroatoms. The second kappa shape index (κ2) is 9.45. The van der Waals surface area contributed by atoms with Crippen LogP contribution >= 0.6 is 11.6 Å². The summed E-state index contributed by atoms with van der Waals surface area (Å²) in [6.45, 7) is 0.412. The third-order valence-electron chi connectivity index (χ3n) is 5.65. The Labute approximate surface area is 191 Å². The van der Waals surface area contributed by atoms with Gasteiger partial charge in [-0.05, 0) is 53.5 Å². The molecule has 164 valence electrons. The van der Waals surface area contributed by atoms with Gasteiger partial charge >= 0.3 is 0 Å². The number of ether oxygens (including phenoxy) is 2. The van der Waals surface area contributed by atoms with Gasteiger partial charge in [0.25, 0.3) is 0 Å². The molecule has 3 aromatic rings. The Balaban J connectivity index is 1.82. The lowest BCUT2D eigenvalue weighted by Gasteiger charge is -2.38. The molecule has 3 aromatic carbocycles. The SMILES string of the molecule is COc1cc2c(cc1OC)[C@@H](c1c(F)cccc1Cl)N(C(=O)/C=C/c1ccccc1)CC2. The van der Waals surface area contributed by atoms with Gasteiger partial charge in [-0.3, -0.25) is 4.79 Å². The number of carbonyl (C=O) groups is 1. The van der Waals surface area contributed by atoms with Crippen LogP contribution in [0.25, 0.3) is 6.08 Å². The number of nitrogens with zero attached hydrogens (tertiary/aromatic N) is 1. The molecule has 0 bridgehead atoms. The highest BCUT2D eigenvalue weighted by molar-refractivity contribution is 6.31. The molecule has 4 nitrogen and oxygen atoms in total. The summed E-state index contributed by atoms with van der Waals surface area (Å²) in [6, 6.07) is 17.1. The van der Waals surface area contributed by atoms with Crippen LogP contribution < -0.4 is 9.47 Å². The minimum absolute atomic E-state index is 0.224. The molecule has 32 heavy (non-hydrogen) atoms. The summed E-state index contributed by atoms with van der Waals surface area (Å²) in [4.78, 5) is 14.9. The van der Waals surface area contributed by atoms with E-state index in [2.05, 4.69) is 0 Å². The zero-order valence-corrected chi connectivity index (χ0v) is 18.6. The predicted octanol–water partition coefficient (Wildman–Crippen LogP) is 5.68. The first-order valence-electron chi connectivity index (χ1n) is 10.3. The largest absolute Gasteiger partial charge is 0.493 e. The summed E-state index contributed by atoms with van der Waals surface area (Å²) >= 11 is 6.45. The van der Waals surface area contributed by atoms with Crippen molar-refractivity contribution in [3.63, 3.8) is 0 Å². The summed E-state index contributed by atoms with van der Waals surface area (Å²) in [5.74, 6) is 0.416. The average Bonchev–Trinajstić information content (AvgIpc) is 2.82. The maximum Gasteiger partial charge on any atom is 0.247 e. The summed E-state index contributed by atoms with van der Waals surface area (Å²) in [5.41, 5.74) is 2.90. The maximum atomic E-state index is 15.0. The third kappa shape index (κ3) is 4.21. The molecule has 0 saturated carbocycles. The van der Waals surface area contributed by atoms with Crippen molar-refractivity contribution in [2.45, 2.75) is 12.5 Å². The minimum atomic E-state index is -0.694. The Kier molecular flexibility index (Phi) is 6.47. The molecule has 1 heterocycles. The van der Waals surface area contributed by atoms with Crippen LogP contribution in [-0.2, 0) is 11.2 Å². The van der Waals surface area contributed by atoms with Crippen LogP contribution in [0.3, 0.4) is 0 Å². The number of amides is 1. The predicted molar refractivity (Wildman–Crippen MR) is 124 cm³/mol. The van der Waals surface area contributed by atoms with Crippen molar-refractivity contribution in [2.75, 3.05) is 20.8 Å². The van der Waals surface area contributed by atoms with Gasteiger partial charge in [0.05, 0.1) is 20.3 Å². The fraction of sp³-hybridized carbons (Fsp3) is 0.192. The molecule has 0 unspecified atom stereocenters. The fourth-order valence-corrected chi connectivity index (χ4v) is 4.36. The third-order valence-corrected chi connectivity index (χ3v) is 5.98. The molecular weight excluding hydrogens is 429 g/mol. The first-order valence-corrected chi connectivity index (χ1v) is 10.6. The van der Waals surface area contributed by atoms with Crippen molar-refractivity contribution in [3.05, 3.63) is 99.8 Å².